The van der Waals surface area contributed by atoms with Crippen molar-refractivity contribution in [3.05, 3.63) is 44.9 Å². The van der Waals surface area contributed by atoms with E-state index in [0.29, 0.717) is 32.8 Å². The molecule has 1 aromatic heterocycles. The highest BCUT2D eigenvalue weighted by molar-refractivity contribution is 7.91. The lowest BCUT2D eigenvalue weighted by atomic mass is 10.2. The first-order valence-electron chi connectivity index (χ1n) is 8.07. The zero-order valence-electron chi connectivity index (χ0n) is 14.4. The first kappa shape index (κ1) is 19.1. The zero-order valence-corrected chi connectivity index (χ0v) is 16.8. The van der Waals surface area contributed by atoms with Gasteiger partial charge in [0.05, 0.1) is 17.2 Å². The number of amides is 1. The quantitative estimate of drug-likeness (QED) is 0.751. The van der Waals surface area contributed by atoms with Crippen LogP contribution in [0.4, 0.5) is 0 Å². The standard InChI is InChI=1S/C17H19ClN2O4S2/c1-11-16(17(21)20(2)13-7-8-26(22,23)10-13)25-15(19-11)9-24-14-5-3-12(18)4-6-14/h3-6,13H,7-10H2,1-2H3/t13-/m1/s1. The van der Waals surface area contributed by atoms with Gasteiger partial charge in [0, 0.05) is 18.1 Å². The van der Waals surface area contributed by atoms with E-state index in [0.717, 1.165) is 0 Å². The van der Waals surface area contributed by atoms with Crippen LogP contribution in [0.1, 0.15) is 26.8 Å². The molecule has 0 radical (unpaired) electrons. The van der Waals surface area contributed by atoms with E-state index in [2.05, 4.69) is 4.98 Å². The summed E-state index contributed by atoms with van der Waals surface area (Å²) < 4.78 is 29.0. The Morgan fingerprint density at radius 1 is 1.38 bits per heavy atom. The highest BCUT2D eigenvalue weighted by Gasteiger charge is 2.34. The Morgan fingerprint density at radius 2 is 2.08 bits per heavy atom. The van der Waals surface area contributed by atoms with Crippen LogP contribution in [0.2, 0.25) is 5.02 Å². The monoisotopic (exact) mass is 414 g/mol. The minimum absolute atomic E-state index is 0.0274. The van der Waals surface area contributed by atoms with E-state index >= 15 is 0 Å². The van der Waals surface area contributed by atoms with Crippen LogP contribution in [0.25, 0.3) is 0 Å². The molecule has 0 bridgehead atoms. The van der Waals surface area contributed by atoms with Gasteiger partial charge in [-0.1, -0.05) is 11.6 Å². The number of aryl methyl sites for hydroxylation is 1. The molecular weight excluding hydrogens is 396 g/mol. The zero-order chi connectivity index (χ0) is 18.9. The van der Waals surface area contributed by atoms with Gasteiger partial charge in [0.25, 0.3) is 5.91 Å². The van der Waals surface area contributed by atoms with E-state index in [-0.39, 0.29) is 30.1 Å². The number of benzene rings is 1. The van der Waals surface area contributed by atoms with Gasteiger partial charge in [0.1, 0.15) is 22.2 Å². The van der Waals surface area contributed by atoms with Gasteiger partial charge < -0.3 is 9.64 Å². The van der Waals surface area contributed by atoms with Crippen molar-refractivity contribution in [3.63, 3.8) is 0 Å². The Hall–Kier alpha value is -1.64. The SMILES string of the molecule is Cc1nc(COc2ccc(Cl)cc2)sc1C(=O)N(C)[C@@H]1CCS(=O)(=O)C1. The Balaban J connectivity index is 1.67. The second kappa shape index (κ2) is 7.54. The van der Waals surface area contributed by atoms with Crippen molar-refractivity contribution >= 4 is 38.7 Å². The molecule has 1 atom stereocenters. The number of aromatic nitrogens is 1. The summed E-state index contributed by atoms with van der Waals surface area (Å²) in [6.07, 6.45) is 0.481. The lowest BCUT2D eigenvalue weighted by molar-refractivity contribution is 0.0751. The number of ether oxygens (including phenoxy) is 1. The number of sulfone groups is 1. The minimum Gasteiger partial charge on any atom is -0.486 e. The molecule has 3 rings (SSSR count). The van der Waals surface area contributed by atoms with Gasteiger partial charge in [-0.05, 0) is 37.6 Å². The first-order valence-corrected chi connectivity index (χ1v) is 11.1. The molecule has 2 heterocycles. The Labute approximate surface area is 161 Å². The maximum atomic E-state index is 12.7. The lowest BCUT2D eigenvalue weighted by Gasteiger charge is -2.22. The molecule has 0 N–H and O–H groups in total. The molecule has 1 aliphatic heterocycles. The lowest BCUT2D eigenvalue weighted by Crippen LogP contribution is -2.37. The van der Waals surface area contributed by atoms with Crippen LogP contribution >= 0.6 is 22.9 Å². The molecule has 0 spiro atoms. The summed E-state index contributed by atoms with van der Waals surface area (Å²) in [5.41, 5.74) is 0.627. The Bertz CT molecular complexity index is 909. The van der Waals surface area contributed by atoms with Gasteiger partial charge in [-0.15, -0.1) is 11.3 Å². The van der Waals surface area contributed by atoms with Crippen LogP contribution in [0.5, 0.6) is 5.75 Å². The maximum Gasteiger partial charge on any atom is 0.265 e. The number of hydrogen-bond donors (Lipinski definition) is 0. The van der Waals surface area contributed by atoms with E-state index in [4.69, 9.17) is 16.3 Å². The molecule has 1 aliphatic rings. The smallest absolute Gasteiger partial charge is 0.265 e. The number of thiazole rings is 1. The number of halogens is 1. The van der Waals surface area contributed by atoms with Crippen LogP contribution in [0.3, 0.4) is 0 Å². The predicted molar refractivity (Wildman–Crippen MR) is 102 cm³/mol. The number of carbonyl (C=O) groups is 1. The average molecular weight is 415 g/mol. The highest BCUT2D eigenvalue weighted by atomic mass is 35.5. The van der Waals surface area contributed by atoms with E-state index in [1.54, 1.807) is 38.2 Å². The summed E-state index contributed by atoms with van der Waals surface area (Å²) >= 11 is 7.12. The summed E-state index contributed by atoms with van der Waals surface area (Å²) in [5.74, 6) is 0.639. The maximum absolute atomic E-state index is 12.7. The van der Waals surface area contributed by atoms with Crippen LogP contribution in [0, 0.1) is 6.92 Å². The third-order valence-electron chi connectivity index (χ3n) is 4.29. The number of rotatable bonds is 5. The molecule has 0 saturated carbocycles. The van der Waals surface area contributed by atoms with Crippen molar-refractivity contribution in [2.45, 2.75) is 26.0 Å². The molecule has 9 heteroatoms. The van der Waals surface area contributed by atoms with Gasteiger partial charge in [0.2, 0.25) is 0 Å². The van der Waals surface area contributed by atoms with Gasteiger partial charge in [-0.3, -0.25) is 4.79 Å². The van der Waals surface area contributed by atoms with Crippen LogP contribution in [0.15, 0.2) is 24.3 Å². The van der Waals surface area contributed by atoms with E-state index in [1.807, 2.05) is 0 Å². The summed E-state index contributed by atoms with van der Waals surface area (Å²) in [5, 5.41) is 1.32. The van der Waals surface area contributed by atoms with E-state index in [1.165, 1.54) is 16.2 Å². The molecule has 0 aliphatic carbocycles. The number of carbonyl (C=O) groups excluding carboxylic acids is 1. The highest BCUT2D eigenvalue weighted by Crippen LogP contribution is 2.25. The van der Waals surface area contributed by atoms with E-state index in [9.17, 15) is 13.2 Å². The topological polar surface area (TPSA) is 76.6 Å². The fraction of sp³-hybridized carbons (Fsp3) is 0.412. The van der Waals surface area contributed by atoms with Gasteiger partial charge in [-0.2, -0.15) is 0 Å². The minimum atomic E-state index is -3.04. The average Bonchev–Trinajstić information content (AvgIpc) is 3.15. The molecule has 6 nitrogen and oxygen atoms in total. The van der Waals surface area contributed by atoms with Gasteiger partial charge in [0.15, 0.2) is 9.84 Å². The molecule has 140 valence electrons. The molecule has 26 heavy (non-hydrogen) atoms. The van der Waals surface area contributed by atoms with Gasteiger partial charge in [-0.25, -0.2) is 13.4 Å². The fourth-order valence-corrected chi connectivity index (χ4v) is 5.66. The summed E-state index contributed by atoms with van der Waals surface area (Å²) in [6, 6.07) is 6.74. The molecule has 1 aromatic carbocycles. The summed E-state index contributed by atoms with van der Waals surface area (Å²) in [4.78, 5) is 19.2. The first-order chi connectivity index (χ1) is 12.2. The molecule has 2 aromatic rings. The van der Waals surface area contributed by atoms with Crippen LogP contribution in [-0.2, 0) is 16.4 Å². The summed E-state index contributed by atoms with van der Waals surface area (Å²) in [6.45, 7) is 2.02. The second-order valence-corrected chi connectivity index (χ2v) is 9.99. The van der Waals surface area contributed by atoms with Crippen molar-refractivity contribution in [1.82, 2.24) is 9.88 Å². The molecule has 1 amide bonds. The summed E-state index contributed by atoms with van der Waals surface area (Å²) in [7, 11) is -1.39. The molecular formula is C17H19ClN2O4S2. The van der Waals surface area contributed by atoms with Crippen LogP contribution in [-0.4, -0.2) is 48.8 Å². The van der Waals surface area contributed by atoms with Crippen molar-refractivity contribution in [2.24, 2.45) is 0 Å². The third-order valence-corrected chi connectivity index (χ3v) is 7.41. The number of nitrogens with zero attached hydrogens (tertiary/aromatic N) is 2. The van der Waals surface area contributed by atoms with Crippen molar-refractivity contribution in [2.75, 3.05) is 18.6 Å². The largest absolute Gasteiger partial charge is 0.486 e. The predicted octanol–water partition coefficient (Wildman–Crippen LogP) is 2.94. The second-order valence-electron chi connectivity index (χ2n) is 6.24. The van der Waals surface area contributed by atoms with Crippen molar-refractivity contribution < 1.29 is 17.9 Å². The molecule has 0 unspecified atom stereocenters. The van der Waals surface area contributed by atoms with Gasteiger partial charge >= 0.3 is 0 Å². The van der Waals surface area contributed by atoms with Crippen molar-refractivity contribution in [1.29, 1.82) is 0 Å². The Kier molecular flexibility index (Phi) is 5.55. The van der Waals surface area contributed by atoms with Crippen LogP contribution < -0.4 is 4.74 Å². The molecule has 1 fully saturated rings. The molecule has 1 saturated heterocycles. The number of hydrogen-bond acceptors (Lipinski definition) is 6. The third kappa shape index (κ3) is 4.36. The normalized spacial score (nSPS) is 18.7. The fourth-order valence-electron chi connectivity index (χ4n) is 2.80. The Morgan fingerprint density at radius 3 is 2.69 bits per heavy atom. The van der Waals surface area contributed by atoms with E-state index < -0.39 is 9.84 Å². The van der Waals surface area contributed by atoms with Crippen molar-refractivity contribution in [3.8, 4) is 5.75 Å².